The molecule has 1 N–H and O–H groups in total. The summed E-state index contributed by atoms with van der Waals surface area (Å²) in [5, 5.41) is 10.2. The molecule has 0 aromatic rings. The number of rotatable bonds is 2. The van der Waals surface area contributed by atoms with Gasteiger partial charge < -0.3 is 5.21 Å². The minimum Gasteiger partial charge on any atom is -0.411 e. The Morgan fingerprint density at radius 3 is 2.38 bits per heavy atom. The Morgan fingerprint density at radius 2 is 2.38 bits per heavy atom. The van der Waals surface area contributed by atoms with Crippen LogP contribution < -0.4 is 0 Å². The molecule has 0 unspecified atom stereocenters. The number of carbonyl (C=O) groups is 1. The van der Waals surface area contributed by atoms with Crippen molar-refractivity contribution < 1.29 is 10.0 Å². The van der Waals surface area contributed by atoms with Crippen molar-refractivity contribution in [2.75, 3.05) is 0 Å². The van der Waals surface area contributed by atoms with Gasteiger partial charge in [-0.1, -0.05) is 24.7 Å². The van der Waals surface area contributed by atoms with Crippen LogP contribution in [-0.2, 0) is 4.79 Å². The van der Waals surface area contributed by atoms with Crippen LogP contribution in [0.2, 0.25) is 0 Å². The maximum atomic E-state index is 10.2. The Labute approximate surface area is 52.8 Å². The zero-order valence-electron chi connectivity index (χ0n) is 4.46. The minimum absolute atomic E-state index is 0.0910. The molecule has 0 amide bonds. The maximum Gasteiger partial charge on any atom is 0.233 e. The van der Waals surface area contributed by atoms with Gasteiger partial charge >= 0.3 is 0 Å². The second-order valence-electron chi connectivity index (χ2n) is 1.21. The van der Waals surface area contributed by atoms with E-state index in [2.05, 4.69) is 17.8 Å². The van der Waals surface area contributed by atoms with Crippen molar-refractivity contribution in [2.45, 2.75) is 13.3 Å². The van der Waals surface area contributed by atoms with Gasteiger partial charge in [-0.25, -0.2) is 0 Å². The van der Waals surface area contributed by atoms with E-state index in [1.165, 1.54) is 0 Å². The largest absolute Gasteiger partial charge is 0.411 e. The van der Waals surface area contributed by atoms with Crippen LogP contribution >= 0.6 is 12.6 Å². The average molecular weight is 133 g/mol. The summed E-state index contributed by atoms with van der Waals surface area (Å²) >= 11 is 3.42. The molecule has 0 bridgehead atoms. The number of thiol groups is 1. The average Bonchev–Trinajstić information content (AvgIpc) is 1.69. The first-order valence-corrected chi connectivity index (χ1v) is 2.61. The highest BCUT2D eigenvalue weighted by molar-refractivity contribution is 7.98. The van der Waals surface area contributed by atoms with Gasteiger partial charge in [-0.15, -0.1) is 0 Å². The monoisotopic (exact) mass is 133 g/mol. The van der Waals surface area contributed by atoms with Crippen LogP contribution in [0.4, 0.5) is 0 Å². The molecule has 0 radical (unpaired) electrons. The second kappa shape index (κ2) is 3.49. The number of hydrogen-bond donors (Lipinski definition) is 2. The first-order valence-electron chi connectivity index (χ1n) is 2.16. The highest BCUT2D eigenvalue weighted by Gasteiger charge is 2.01. The lowest BCUT2D eigenvalue weighted by Crippen LogP contribution is -2.04. The van der Waals surface area contributed by atoms with Gasteiger partial charge in [0.2, 0.25) is 5.12 Å². The Balaban J connectivity index is 3.92. The van der Waals surface area contributed by atoms with Crippen LogP contribution in [0.15, 0.2) is 5.16 Å². The highest BCUT2D eigenvalue weighted by Crippen LogP contribution is 1.89. The molecule has 8 heavy (non-hydrogen) atoms. The molecule has 0 aliphatic carbocycles. The van der Waals surface area contributed by atoms with Crippen LogP contribution in [0.1, 0.15) is 13.3 Å². The Hall–Kier alpha value is -0.510. The number of hydrogen-bond acceptors (Lipinski definition) is 3. The molecule has 0 aromatic carbocycles. The molecule has 0 spiro atoms. The summed E-state index contributed by atoms with van der Waals surface area (Å²) < 4.78 is 0. The van der Waals surface area contributed by atoms with Crippen molar-refractivity contribution in [3.05, 3.63) is 0 Å². The summed E-state index contributed by atoms with van der Waals surface area (Å²) in [4.78, 5) is 10.2. The van der Waals surface area contributed by atoms with E-state index in [1.54, 1.807) is 6.92 Å². The van der Waals surface area contributed by atoms with Gasteiger partial charge in [0, 0.05) is 0 Å². The Bertz CT molecular complexity index is 121. The van der Waals surface area contributed by atoms with Crippen molar-refractivity contribution >= 4 is 23.5 Å². The summed E-state index contributed by atoms with van der Waals surface area (Å²) in [5.41, 5.74) is 0.0910. The molecule has 0 aromatic heterocycles. The normalized spacial score (nSPS) is 11.5. The van der Waals surface area contributed by atoms with E-state index in [0.29, 0.717) is 6.42 Å². The molecule has 0 aliphatic rings. The van der Waals surface area contributed by atoms with Crippen LogP contribution in [0, 0.1) is 0 Å². The number of carbonyl (C=O) groups excluding carboxylic acids is 1. The summed E-state index contributed by atoms with van der Waals surface area (Å²) in [6.07, 6.45) is 0.416. The number of oxime groups is 1. The van der Waals surface area contributed by atoms with E-state index >= 15 is 0 Å². The van der Waals surface area contributed by atoms with Crippen LogP contribution in [0.5, 0.6) is 0 Å². The predicted molar refractivity (Wildman–Crippen MR) is 33.5 cm³/mol. The van der Waals surface area contributed by atoms with Gasteiger partial charge in [0.1, 0.15) is 5.71 Å². The quantitative estimate of drug-likeness (QED) is 0.252. The van der Waals surface area contributed by atoms with Crippen LogP contribution in [-0.4, -0.2) is 16.0 Å². The molecule has 0 atom stereocenters. The fourth-order valence-corrected chi connectivity index (χ4v) is 0.468. The smallest absolute Gasteiger partial charge is 0.233 e. The van der Waals surface area contributed by atoms with Crippen LogP contribution in [0.25, 0.3) is 0 Å². The molecular weight excluding hydrogens is 126 g/mol. The van der Waals surface area contributed by atoms with Crippen molar-refractivity contribution in [3.63, 3.8) is 0 Å². The van der Waals surface area contributed by atoms with E-state index in [1.807, 2.05) is 0 Å². The molecule has 3 nitrogen and oxygen atoms in total. The summed E-state index contributed by atoms with van der Waals surface area (Å²) in [6.45, 7) is 1.71. The third kappa shape index (κ3) is 1.97. The fraction of sp³-hybridized carbons (Fsp3) is 0.500. The molecule has 0 heterocycles. The fourth-order valence-electron chi connectivity index (χ4n) is 0.265. The molecule has 4 heteroatoms. The maximum absolute atomic E-state index is 10.2. The molecule has 0 aliphatic heterocycles. The van der Waals surface area contributed by atoms with Crippen molar-refractivity contribution in [1.29, 1.82) is 0 Å². The first kappa shape index (κ1) is 7.49. The van der Waals surface area contributed by atoms with Crippen molar-refractivity contribution in [2.24, 2.45) is 5.16 Å². The van der Waals surface area contributed by atoms with E-state index in [-0.39, 0.29) is 5.71 Å². The highest BCUT2D eigenvalue weighted by atomic mass is 32.1. The molecule has 46 valence electrons. The SMILES string of the molecule is CC/C(=N/O)C(=O)S. The van der Waals surface area contributed by atoms with Crippen molar-refractivity contribution in [3.8, 4) is 0 Å². The Kier molecular flexibility index (Phi) is 3.26. The van der Waals surface area contributed by atoms with Gasteiger partial charge in [0.25, 0.3) is 0 Å². The number of nitrogens with zero attached hydrogens (tertiary/aromatic N) is 1. The molecular formula is C4H7NO2S. The third-order valence-corrected chi connectivity index (χ3v) is 0.961. The van der Waals surface area contributed by atoms with Crippen molar-refractivity contribution in [1.82, 2.24) is 0 Å². The van der Waals surface area contributed by atoms with E-state index < -0.39 is 5.12 Å². The van der Waals surface area contributed by atoms with Gasteiger partial charge in [-0.2, -0.15) is 0 Å². The lowest BCUT2D eigenvalue weighted by atomic mass is 10.3. The van der Waals surface area contributed by atoms with E-state index in [0.717, 1.165) is 0 Å². The lowest BCUT2D eigenvalue weighted by molar-refractivity contribution is -0.105. The second-order valence-corrected chi connectivity index (χ2v) is 1.61. The molecule has 0 saturated carbocycles. The minimum atomic E-state index is -0.477. The lowest BCUT2D eigenvalue weighted by Gasteiger charge is -1.88. The third-order valence-electron chi connectivity index (χ3n) is 0.702. The Morgan fingerprint density at radius 1 is 1.88 bits per heavy atom. The van der Waals surface area contributed by atoms with Gasteiger partial charge in [-0.05, 0) is 6.42 Å². The van der Waals surface area contributed by atoms with E-state index in [4.69, 9.17) is 5.21 Å². The van der Waals surface area contributed by atoms with Crippen LogP contribution in [0.3, 0.4) is 0 Å². The zero-order chi connectivity index (χ0) is 6.57. The van der Waals surface area contributed by atoms with Gasteiger partial charge in [0.05, 0.1) is 0 Å². The topological polar surface area (TPSA) is 49.7 Å². The molecule has 0 fully saturated rings. The van der Waals surface area contributed by atoms with Gasteiger partial charge in [-0.3, -0.25) is 4.79 Å². The molecule has 0 rings (SSSR count). The van der Waals surface area contributed by atoms with E-state index in [9.17, 15) is 4.79 Å². The first-order chi connectivity index (χ1) is 3.72. The summed E-state index contributed by atoms with van der Waals surface area (Å²) in [5.74, 6) is 0. The zero-order valence-corrected chi connectivity index (χ0v) is 5.35. The standard InChI is InChI=1S/C4H7NO2S/c1-2-3(5-7)4(6)8/h7H,2H2,1H3,(H,6,8)/b5-3-. The predicted octanol–water partition coefficient (Wildman–Crippen LogP) is 0.683. The molecule has 0 saturated heterocycles. The van der Waals surface area contributed by atoms with Gasteiger partial charge in [0.15, 0.2) is 0 Å². The summed E-state index contributed by atoms with van der Waals surface area (Å²) in [6, 6.07) is 0. The summed E-state index contributed by atoms with van der Waals surface area (Å²) in [7, 11) is 0.